The Kier molecular flexibility index (Phi) is 5.33. The fraction of sp³-hybridized carbons (Fsp3) is 0.111. The van der Waals surface area contributed by atoms with E-state index in [4.69, 9.17) is 4.74 Å². The Morgan fingerprint density at radius 3 is 2.69 bits per heavy atom. The molecular weight excluding hydrogens is 337 g/mol. The van der Waals surface area contributed by atoms with Gasteiger partial charge in [0.15, 0.2) is 5.82 Å². The predicted molar refractivity (Wildman–Crippen MR) is 94.6 cm³/mol. The summed E-state index contributed by atoms with van der Waals surface area (Å²) in [5, 5.41) is 13.8. The second-order valence-electron chi connectivity index (χ2n) is 5.31. The SMILES string of the molecule is COC(=O)c1ccccc1Nc1cnnc(NCc2ccc(F)cc2)n1. The Morgan fingerprint density at radius 2 is 1.92 bits per heavy atom. The number of nitrogens with zero attached hydrogens (tertiary/aromatic N) is 3. The monoisotopic (exact) mass is 353 g/mol. The van der Waals surface area contributed by atoms with Gasteiger partial charge >= 0.3 is 5.97 Å². The first-order chi connectivity index (χ1) is 12.7. The van der Waals surface area contributed by atoms with Crippen molar-refractivity contribution in [3.63, 3.8) is 0 Å². The van der Waals surface area contributed by atoms with E-state index in [0.717, 1.165) is 5.56 Å². The molecule has 2 aromatic carbocycles. The molecule has 0 aliphatic heterocycles. The fourth-order valence-electron chi connectivity index (χ4n) is 2.24. The van der Waals surface area contributed by atoms with Gasteiger partial charge in [0.1, 0.15) is 5.82 Å². The van der Waals surface area contributed by atoms with Crippen molar-refractivity contribution in [2.45, 2.75) is 6.54 Å². The molecule has 0 aliphatic rings. The number of carbonyl (C=O) groups excluding carboxylic acids is 1. The number of rotatable bonds is 6. The Morgan fingerprint density at radius 1 is 1.15 bits per heavy atom. The molecule has 2 N–H and O–H groups in total. The molecule has 3 aromatic rings. The van der Waals surface area contributed by atoms with E-state index in [-0.39, 0.29) is 5.82 Å². The van der Waals surface area contributed by atoms with E-state index in [9.17, 15) is 9.18 Å². The van der Waals surface area contributed by atoms with Crippen LogP contribution in [-0.2, 0) is 11.3 Å². The van der Waals surface area contributed by atoms with Crippen LogP contribution in [0.5, 0.6) is 0 Å². The lowest BCUT2D eigenvalue weighted by atomic mass is 10.2. The Labute approximate surface area is 149 Å². The van der Waals surface area contributed by atoms with E-state index >= 15 is 0 Å². The van der Waals surface area contributed by atoms with Crippen molar-refractivity contribution in [3.8, 4) is 0 Å². The number of esters is 1. The van der Waals surface area contributed by atoms with Crippen molar-refractivity contribution < 1.29 is 13.9 Å². The van der Waals surface area contributed by atoms with E-state index in [1.54, 1.807) is 36.4 Å². The molecule has 0 aliphatic carbocycles. The zero-order valence-electron chi connectivity index (χ0n) is 13.9. The predicted octanol–water partition coefficient (Wildman–Crippen LogP) is 3.15. The van der Waals surface area contributed by atoms with Crippen molar-refractivity contribution in [2.75, 3.05) is 17.7 Å². The highest BCUT2D eigenvalue weighted by atomic mass is 19.1. The number of anilines is 3. The van der Waals surface area contributed by atoms with Crippen molar-refractivity contribution in [1.29, 1.82) is 0 Å². The number of aromatic nitrogens is 3. The number of hydrogen-bond acceptors (Lipinski definition) is 7. The third-order valence-electron chi connectivity index (χ3n) is 3.52. The summed E-state index contributed by atoms with van der Waals surface area (Å²) in [4.78, 5) is 16.1. The number of ether oxygens (including phenoxy) is 1. The van der Waals surface area contributed by atoms with Gasteiger partial charge in [0.25, 0.3) is 0 Å². The minimum absolute atomic E-state index is 0.290. The number of halogens is 1. The van der Waals surface area contributed by atoms with E-state index in [0.29, 0.717) is 29.6 Å². The summed E-state index contributed by atoms with van der Waals surface area (Å²) in [6, 6.07) is 13.0. The van der Waals surface area contributed by atoms with Crippen molar-refractivity contribution in [2.24, 2.45) is 0 Å². The van der Waals surface area contributed by atoms with Gasteiger partial charge in [0.05, 0.1) is 24.6 Å². The average Bonchev–Trinajstić information content (AvgIpc) is 2.68. The highest BCUT2D eigenvalue weighted by molar-refractivity contribution is 5.96. The van der Waals surface area contributed by atoms with Crippen LogP contribution in [-0.4, -0.2) is 28.3 Å². The number of carbonyl (C=O) groups is 1. The fourth-order valence-corrected chi connectivity index (χ4v) is 2.24. The van der Waals surface area contributed by atoms with Gasteiger partial charge in [-0.15, -0.1) is 5.10 Å². The third-order valence-corrected chi connectivity index (χ3v) is 3.52. The first-order valence-corrected chi connectivity index (χ1v) is 7.78. The molecule has 0 amide bonds. The largest absolute Gasteiger partial charge is 0.465 e. The third kappa shape index (κ3) is 4.29. The molecule has 8 heteroatoms. The van der Waals surface area contributed by atoms with Gasteiger partial charge in [0, 0.05) is 6.54 Å². The molecule has 0 unspecified atom stereocenters. The quantitative estimate of drug-likeness (QED) is 0.658. The lowest BCUT2D eigenvalue weighted by Crippen LogP contribution is -2.08. The minimum atomic E-state index is -0.454. The smallest absolute Gasteiger partial charge is 0.339 e. The van der Waals surface area contributed by atoms with E-state index in [2.05, 4.69) is 25.8 Å². The topological polar surface area (TPSA) is 89.0 Å². The minimum Gasteiger partial charge on any atom is -0.465 e. The van der Waals surface area contributed by atoms with Crippen LogP contribution in [0, 0.1) is 5.82 Å². The first kappa shape index (κ1) is 17.3. The van der Waals surface area contributed by atoms with Gasteiger partial charge in [-0.1, -0.05) is 24.3 Å². The summed E-state index contributed by atoms with van der Waals surface area (Å²) in [7, 11) is 1.32. The normalized spacial score (nSPS) is 10.2. The molecular formula is C18H16FN5O2. The maximum absolute atomic E-state index is 12.9. The van der Waals surface area contributed by atoms with Crippen LogP contribution in [0.25, 0.3) is 0 Å². The highest BCUT2D eigenvalue weighted by Gasteiger charge is 2.12. The van der Waals surface area contributed by atoms with Gasteiger partial charge < -0.3 is 15.4 Å². The van der Waals surface area contributed by atoms with Gasteiger partial charge in [-0.05, 0) is 29.8 Å². The van der Waals surface area contributed by atoms with E-state index in [1.165, 1.54) is 25.4 Å². The summed E-state index contributed by atoms with van der Waals surface area (Å²) in [5.41, 5.74) is 1.81. The zero-order chi connectivity index (χ0) is 18.4. The molecule has 0 radical (unpaired) electrons. The molecule has 0 saturated carbocycles. The van der Waals surface area contributed by atoms with Crippen LogP contribution in [0.4, 0.5) is 21.8 Å². The Hall–Kier alpha value is -3.55. The molecule has 0 bridgehead atoms. The van der Waals surface area contributed by atoms with Crippen LogP contribution >= 0.6 is 0 Å². The molecule has 0 spiro atoms. The lowest BCUT2D eigenvalue weighted by molar-refractivity contribution is 0.0602. The van der Waals surface area contributed by atoms with E-state index in [1.807, 2.05) is 0 Å². The van der Waals surface area contributed by atoms with Gasteiger partial charge in [-0.25, -0.2) is 9.18 Å². The van der Waals surface area contributed by atoms with Crippen LogP contribution < -0.4 is 10.6 Å². The molecule has 0 fully saturated rings. The maximum Gasteiger partial charge on any atom is 0.339 e. The maximum atomic E-state index is 12.9. The van der Waals surface area contributed by atoms with Crippen molar-refractivity contribution >= 4 is 23.4 Å². The highest BCUT2D eigenvalue weighted by Crippen LogP contribution is 2.20. The standard InChI is InChI=1S/C18H16FN5O2/c1-26-17(25)14-4-2-3-5-15(14)22-16-11-21-24-18(23-16)20-10-12-6-8-13(19)9-7-12/h2-9,11H,10H2,1H3,(H2,20,22,23,24). The second kappa shape index (κ2) is 8.02. The van der Waals surface area contributed by atoms with Crippen LogP contribution in [0.15, 0.2) is 54.7 Å². The van der Waals surface area contributed by atoms with Crippen molar-refractivity contribution in [1.82, 2.24) is 15.2 Å². The number of methoxy groups -OCH3 is 1. The molecule has 1 aromatic heterocycles. The number of para-hydroxylation sites is 1. The molecule has 7 nitrogen and oxygen atoms in total. The van der Waals surface area contributed by atoms with Crippen molar-refractivity contribution in [3.05, 3.63) is 71.7 Å². The van der Waals surface area contributed by atoms with Crippen LogP contribution in [0.3, 0.4) is 0 Å². The molecule has 0 saturated heterocycles. The molecule has 3 rings (SSSR count). The number of hydrogen-bond donors (Lipinski definition) is 2. The summed E-state index contributed by atoms with van der Waals surface area (Å²) in [5.74, 6) is -0.0280. The first-order valence-electron chi connectivity index (χ1n) is 7.78. The van der Waals surface area contributed by atoms with Crippen LogP contribution in [0.1, 0.15) is 15.9 Å². The molecule has 0 atom stereocenters. The van der Waals surface area contributed by atoms with Gasteiger partial charge in [-0.2, -0.15) is 10.1 Å². The molecule has 1 heterocycles. The Balaban J connectivity index is 1.72. The summed E-state index contributed by atoms with van der Waals surface area (Å²) >= 11 is 0. The lowest BCUT2D eigenvalue weighted by Gasteiger charge is -2.10. The molecule has 132 valence electrons. The Bertz CT molecular complexity index is 902. The van der Waals surface area contributed by atoms with Gasteiger partial charge in [-0.3, -0.25) is 0 Å². The molecule has 26 heavy (non-hydrogen) atoms. The average molecular weight is 353 g/mol. The number of nitrogens with one attached hydrogen (secondary N) is 2. The second-order valence-corrected chi connectivity index (χ2v) is 5.31. The van der Waals surface area contributed by atoms with E-state index < -0.39 is 5.97 Å². The summed E-state index contributed by atoms with van der Waals surface area (Å²) in [6.45, 7) is 0.421. The zero-order valence-corrected chi connectivity index (χ0v) is 13.9. The van der Waals surface area contributed by atoms with Crippen LogP contribution in [0.2, 0.25) is 0 Å². The number of benzene rings is 2. The summed E-state index contributed by atoms with van der Waals surface area (Å²) < 4.78 is 17.7. The summed E-state index contributed by atoms with van der Waals surface area (Å²) in [6.07, 6.45) is 1.44. The van der Waals surface area contributed by atoms with Gasteiger partial charge in [0.2, 0.25) is 5.95 Å².